The zero-order chi connectivity index (χ0) is 12.8. The lowest BCUT2D eigenvalue weighted by Crippen LogP contribution is -2.39. The van der Waals surface area contributed by atoms with E-state index in [1.54, 1.807) is 12.1 Å². The van der Waals surface area contributed by atoms with E-state index in [0.29, 0.717) is 6.61 Å². The van der Waals surface area contributed by atoms with Gasteiger partial charge in [0.05, 0.1) is 12.6 Å². The van der Waals surface area contributed by atoms with Gasteiger partial charge in [0.15, 0.2) is 0 Å². The molecule has 0 aromatic heterocycles. The third kappa shape index (κ3) is 4.94. The van der Waals surface area contributed by atoms with Crippen LogP contribution in [0.15, 0.2) is 24.3 Å². The molecule has 0 aliphatic heterocycles. The van der Waals surface area contributed by atoms with Crippen LogP contribution in [0.5, 0.6) is 5.75 Å². The van der Waals surface area contributed by atoms with Crippen molar-refractivity contribution in [3.63, 3.8) is 0 Å². The second-order valence-electron chi connectivity index (χ2n) is 4.22. The highest BCUT2D eigenvalue weighted by atomic mass is 35.5. The average molecular weight is 273 g/mol. The molecule has 3 N–H and O–H groups in total. The van der Waals surface area contributed by atoms with Crippen molar-refractivity contribution in [3.8, 4) is 5.75 Å². The number of rotatable bonds is 5. The van der Waals surface area contributed by atoms with Crippen molar-refractivity contribution in [3.05, 3.63) is 24.3 Å². The smallest absolute Gasteiger partial charge is 0.241 e. The zero-order valence-electron chi connectivity index (χ0n) is 11.0. The van der Waals surface area contributed by atoms with Gasteiger partial charge in [0.1, 0.15) is 5.75 Å². The van der Waals surface area contributed by atoms with Crippen molar-refractivity contribution < 1.29 is 9.53 Å². The minimum Gasteiger partial charge on any atom is -0.494 e. The van der Waals surface area contributed by atoms with E-state index in [-0.39, 0.29) is 24.2 Å². The Hall–Kier alpha value is -1.26. The number of carbonyl (C=O) groups excluding carboxylic acids is 1. The number of halogens is 1. The van der Waals surface area contributed by atoms with Gasteiger partial charge in [0, 0.05) is 5.69 Å². The Labute approximate surface area is 114 Å². The van der Waals surface area contributed by atoms with E-state index in [1.807, 2.05) is 32.9 Å². The van der Waals surface area contributed by atoms with Crippen LogP contribution >= 0.6 is 12.4 Å². The molecule has 102 valence electrons. The Morgan fingerprint density at radius 1 is 1.33 bits per heavy atom. The van der Waals surface area contributed by atoms with Gasteiger partial charge in [0.25, 0.3) is 0 Å². The molecule has 0 aliphatic rings. The quantitative estimate of drug-likeness (QED) is 0.865. The molecule has 1 atom stereocenters. The lowest BCUT2D eigenvalue weighted by Gasteiger charge is -2.15. The number of amides is 1. The first-order valence-electron chi connectivity index (χ1n) is 5.84. The molecular formula is C13H21ClN2O2. The van der Waals surface area contributed by atoms with Gasteiger partial charge in [0.2, 0.25) is 5.91 Å². The molecule has 0 saturated carbocycles. The first-order valence-corrected chi connectivity index (χ1v) is 5.84. The maximum atomic E-state index is 11.7. The van der Waals surface area contributed by atoms with E-state index >= 15 is 0 Å². The highest BCUT2D eigenvalue weighted by Crippen LogP contribution is 2.16. The van der Waals surface area contributed by atoms with Gasteiger partial charge < -0.3 is 15.8 Å². The first kappa shape index (κ1) is 16.7. The maximum Gasteiger partial charge on any atom is 0.241 e. The molecule has 0 saturated heterocycles. The van der Waals surface area contributed by atoms with Crippen LogP contribution in [0.3, 0.4) is 0 Å². The summed E-state index contributed by atoms with van der Waals surface area (Å²) in [5, 5.41) is 2.77. The Morgan fingerprint density at radius 3 is 2.33 bits per heavy atom. The second kappa shape index (κ2) is 7.95. The molecule has 0 spiro atoms. The molecule has 1 aromatic rings. The molecule has 1 amide bonds. The standard InChI is InChI=1S/C13H20N2O2.ClH/c1-4-17-11-7-5-10(6-8-11)15-13(16)12(14)9(2)3;/h5-9,12H,4,14H2,1-3H3,(H,15,16);1H/t12-;/m1./s1. The Bertz CT molecular complexity index is 366. The van der Waals surface area contributed by atoms with Crippen LogP contribution in [-0.4, -0.2) is 18.6 Å². The lowest BCUT2D eigenvalue weighted by atomic mass is 10.1. The topological polar surface area (TPSA) is 64.3 Å². The van der Waals surface area contributed by atoms with Crippen molar-refractivity contribution in [1.82, 2.24) is 0 Å². The van der Waals surface area contributed by atoms with Crippen LogP contribution in [0.25, 0.3) is 0 Å². The van der Waals surface area contributed by atoms with Crippen molar-refractivity contribution in [2.75, 3.05) is 11.9 Å². The molecule has 0 unspecified atom stereocenters. The van der Waals surface area contributed by atoms with Crippen LogP contribution < -0.4 is 15.8 Å². The van der Waals surface area contributed by atoms with Gasteiger partial charge in [-0.3, -0.25) is 4.79 Å². The Morgan fingerprint density at radius 2 is 1.89 bits per heavy atom. The molecule has 0 radical (unpaired) electrons. The number of anilines is 1. The molecule has 0 aliphatic carbocycles. The van der Waals surface area contributed by atoms with Crippen molar-refractivity contribution >= 4 is 24.0 Å². The minimum atomic E-state index is -0.485. The zero-order valence-corrected chi connectivity index (χ0v) is 11.8. The molecule has 1 aromatic carbocycles. The van der Waals surface area contributed by atoms with Crippen LogP contribution in [0, 0.1) is 5.92 Å². The number of hydrogen-bond donors (Lipinski definition) is 2. The van der Waals surface area contributed by atoms with Crippen molar-refractivity contribution in [1.29, 1.82) is 0 Å². The predicted molar refractivity (Wildman–Crippen MR) is 76.3 cm³/mol. The molecule has 18 heavy (non-hydrogen) atoms. The summed E-state index contributed by atoms with van der Waals surface area (Å²) in [6.45, 7) is 6.39. The molecule has 0 heterocycles. The molecule has 4 nitrogen and oxygen atoms in total. The summed E-state index contributed by atoms with van der Waals surface area (Å²) in [5.41, 5.74) is 6.48. The Kier molecular flexibility index (Phi) is 7.39. The van der Waals surface area contributed by atoms with Gasteiger partial charge in [-0.05, 0) is 37.1 Å². The minimum absolute atomic E-state index is 0. The number of nitrogens with two attached hydrogens (primary N) is 1. The fourth-order valence-electron chi connectivity index (χ4n) is 1.33. The van der Waals surface area contributed by atoms with Crippen LogP contribution in [0.2, 0.25) is 0 Å². The van der Waals surface area contributed by atoms with Gasteiger partial charge >= 0.3 is 0 Å². The molecule has 5 heteroatoms. The fourth-order valence-corrected chi connectivity index (χ4v) is 1.33. The lowest BCUT2D eigenvalue weighted by molar-refractivity contribution is -0.118. The second-order valence-corrected chi connectivity index (χ2v) is 4.22. The normalized spacial score (nSPS) is 11.6. The Balaban J connectivity index is 0.00000289. The number of ether oxygens (including phenoxy) is 1. The number of nitrogens with one attached hydrogen (secondary N) is 1. The SMILES string of the molecule is CCOc1ccc(NC(=O)[C@H](N)C(C)C)cc1.Cl. The molecule has 0 bridgehead atoms. The third-order valence-corrected chi connectivity index (χ3v) is 2.45. The monoisotopic (exact) mass is 272 g/mol. The first-order chi connectivity index (χ1) is 8.04. The summed E-state index contributed by atoms with van der Waals surface area (Å²) in [7, 11) is 0. The predicted octanol–water partition coefficient (Wildman–Crippen LogP) is 2.43. The van der Waals surface area contributed by atoms with Crippen molar-refractivity contribution in [2.45, 2.75) is 26.8 Å². The average Bonchev–Trinajstić information content (AvgIpc) is 2.30. The van der Waals surface area contributed by atoms with Crippen molar-refractivity contribution in [2.24, 2.45) is 11.7 Å². The molecule has 0 fully saturated rings. The summed E-state index contributed by atoms with van der Waals surface area (Å²) in [6, 6.07) is 6.76. The van der Waals surface area contributed by atoms with Gasteiger partial charge in [-0.15, -0.1) is 12.4 Å². The highest BCUT2D eigenvalue weighted by molar-refractivity contribution is 5.94. The number of benzene rings is 1. The van der Waals surface area contributed by atoms with Gasteiger partial charge in [-0.25, -0.2) is 0 Å². The number of hydrogen-bond acceptors (Lipinski definition) is 3. The fraction of sp³-hybridized carbons (Fsp3) is 0.462. The van der Waals surface area contributed by atoms with Gasteiger partial charge in [-0.1, -0.05) is 13.8 Å². The van der Waals surface area contributed by atoms with E-state index in [2.05, 4.69) is 5.32 Å². The largest absolute Gasteiger partial charge is 0.494 e. The van der Waals surface area contributed by atoms with Crippen LogP contribution in [0.4, 0.5) is 5.69 Å². The van der Waals surface area contributed by atoms with E-state index < -0.39 is 6.04 Å². The summed E-state index contributed by atoms with van der Waals surface area (Å²) in [5.74, 6) is 0.750. The van der Waals surface area contributed by atoms with E-state index in [1.165, 1.54) is 0 Å². The maximum absolute atomic E-state index is 11.7. The summed E-state index contributed by atoms with van der Waals surface area (Å²) in [4.78, 5) is 11.7. The molecular weight excluding hydrogens is 252 g/mol. The van der Waals surface area contributed by atoms with Crippen LogP contribution in [-0.2, 0) is 4.79 Å². The van der Waals surface area contributed by atoms with E-state index in [0.717, 1.165) is 11.4 Å². The highest BCUT2D eigenvalue weighted by Gasteiger charge is 2.16. The summed E-state index contributed by atoms with van der Waals surface area (Å²) < 4.78 is 5.31. The summed E-state index contributed by atoms with van der Waals surface area (Å²) >= 11 is 0. The third-order valence-electron chi connectivity index (χ3n) is 2.45. The summed E-state index contributed by atoms with van der Waals surface area (Å²) in [6.07, 6.45) is 0. The number of carbonyl (C=O) groups is 1. The van der Waals surface area contributed by atoms with E-state index in [9.17, 15) is 4.79 Å². The molecule has 1 rings (SSSR count). The van der Waals surface area contributed by atoms with Gasteiger partial charge in [-0.2, -0.15) is 0 Å². The van der Waals surface area contributed by atoms with E-state index in [4.69, 9.17) is 10.5 Å². The van der Waals surface area contributed by atoms with Crippen LogP contribution in [0.1, 0.15) is 20.8 Å².